The Hall–Kier alpha value is -3.46. The lowest BCUT2D eigenvalue weighted by Gasteiger charge is -2.15. The number of aryl methyl sites for hydroxylation is 4. The van der Waals surface area contributed by atoms with Crippen molar-refractivity contribution in [2.75, 3.05) is 12.4 Å². The quantitative estimate of drug-likeness (QED) is 0.602. The highest BCUT2D eigenvalue weighted by molar-refractivity contribution is 7.90. The number of aromatic nitrogens is 2. The summed E-state index contributed by atoms with van der Waals surface area (Å²) in [6.45, 7) is 7.54. The number of rotatable bonds is 6. The number of amides is 1. The number of hydrogen-bond donors (Lipinski definition) is 2. The Morgan fingerprint density at radius 3 is 2.29 bits per heavy atom. The lowest BCUT2D eigenvalue weighted by molar-refractivity contribution is 0.0978. The Kier molecular flexibility index (Phi) is 6.26. The van der Waals surface area contributed by atoms with Gasteiger partial charge in [-0.05, 0) is 63.1 Å². The highest BCUT2D eigenvalue weighted by atomic mass is 32.2. The number of sulfonamides is 1. The summed E-state index contributed by atoms with van der Waals surface area (Å²) in [5.74, 6) is 0.104. The minimum Gasteiger partial charge on any atom is -0.438 e. The number of hydrogen-bond acceptors (Lipinski definition) is 7. The van der Waals surface area contributed by atoms with E-state index in [2.05, 4.69) is 15.3 Å². The van der Waals surface area contributed by atoms with Gasteiger partial charge in [-0.15, -0.1) is 0 Å². The van der Waals surface area contributed by atoms with Gasteiger partial charge in [-0.25, -0.2) is 14.7 Å². The van der Waals surface area contributed by atoms with Gasteiger partial charge in [0.05, 0.1) is 0 Å². The van der Waals surface area contributed by atoms with Crippen molar-refractivity contribution in [3.05, 3.63) is 70.4 Å². The van der Waals surface area contributed by atoms with Gasteiger partial charge in [0.2, 0.25) is 5.88 Å². The molecule has 3 rings (SSSR count). The van der Waals surface area contributed by atoms with Crippen LogP contribution in [-0.4, -0.2) is 31.3 Å². The summed E-state index contributed by atoms with van der Waals surface area (Å²) >= 11 is 0. The fourth-order valence-electron chi connectivity index (χ4n) is 3.14. The van der Waals surface area contributed by atoms with E-state index in [1.165, 1.54) is 18.2 Å². The van der Waals surface area contributed by atoms with E-state index in [1.807, 2.05) is 37.6 Å². The van der Waals surface area contributed by atoms with Crippen LogP contribution in [0.3, 0.4) is 0 Å². The first-order valence-electron chi connectivity index (χ1n) is 9.56. The van der Waals surface area contributed by atoms with Crippen molar-refractivity contribution in [2.24, 2.45) is 0 Å². The summed E-state index contributed by atoms with van der Waals surface area (Å²) in [4.78, 5) is 21.2. The monoisotopic (exact) mass is 440 g/mol. The summed E-state index contributed by atoms with van der Waals surface area (Å²) < 4.78 is 33.4. The van der Waals surface area contributed by atoms with Crippen LogP contribution in [0.25, 0.3) is 0 Å². The van der Waals surface area contributed by atoms with Gasteiger partial charge in [0.25, 0.3) is 15.9 Å². The smallest absolute Gasteiger partial charge is 0.281 e. The van der Waals surface area contributed by atoms with Crippen molar-refractivity contribution < 1.29 is 17.9 Å². The van der Waals surface area contributed by atoms with Crippen LogP contribution in [0.4, 0.5) is 5.82 Å². The summed E-state index contributed by atoms with van der Waals surface area (Å²) in [5, 5.41) is 2.49. The Morgan fingerprint density at radius 1 is 0.968 bits per heavy atom. The largest absolute Gasteiger partial charge is 0.438 e. The van der Waals surface area contributed by atoms with Crippen molar-refractivity contribution in [1.29, 1.82) is 0 Å². The molecule has 2 aromatic heterocycles. The number of carbonyl (C=O) groups is 1. The normalized spacial score (nSPS) is 11.1. The van der Waals surface area contributed by atoms with Gasteiger partial charge >= 0.3 is 0 Å². The van der Waals surface area contributed by atoms with Crippen molar-refractivity contribution in [2.45, 2.75) is 32.7 Å². The molecule has 0 aliphatic carbocycles. The SMILES string of the molecule is CNc1cccc(S(=O)(=O)NC(=O)c2ccc(C)nc2Oc2c(C)cc(C)cc2C)n1. The molecule has 0 aliphatic heterocycles. The van der Waals surface area contributed by atoms with Gasteiger partial charge in [-0.2, -0.15) is 8.42 Å². The Morgan fingerprint density at radius 2 is 1.65 bits per heavy atom. The third-order valence-electron chi connectivity index (χ3n) is 4.53. The first-order chi connectivity index (χ1) is 14.6. The maximum Gasteiger partial charge on any atom is 0.281 e. The van der Waals surface area contributed by atoms with Crippen LogP contribution in [0.2, 0.25) is 0 Å². The third-order valence-corrected chi connectivity index (χ3v) is 5.76. The minimum absolute atomic E-state index is 0.00155. The fourth-order valence-corrected chi connectivity index (χ4v) is 4.08. The number of benzene rings is 1. The molecule has 3 aromatic rings. The van der Waals surface area contributed by atoms with Crippen molar-refractivity contribution in [3.8, 4) is 11.6 Å². The zero-order valence-corrected chi connectivity index (χ0v) is 18.8. The van der Waals surface area contributed by atoms with Crippen LogP contribution >= 0.6 is 0 Å². The first-order valence-corrected chi connectivity index (χ1v) is 11.0. The van der Waals surface area contributed by atoms with Gasteiger partial charge < -0.3 is 10.1 Å². The standard InChI is InChI=1S/C22H24N4O4S/c1-13-11-14(2)20(15(3)12-13)30-22-17(10-9-16(4)24-22)21(27)26-31(28,29)19-8-6-7-18(23-5)25-19/h6-12H,1-5H3,(H,23,25)(H,26,27). The predicted octanol–water partition coefficient (Wildman–Crippen LogP) is 3.66. The molecule has 2 heterocycles. The maximum atomic E-state index is 12.9. The van der Waals surface area contributed by atoms with E-state index >= 15 is 0 Å². The lowest BCUT2D eigenvalue weighted by atomic mass is 10.1. The second-order valence-electron chi connectivity index (χ2n) is 7.18. The van der Waals surface area contributed by atoms with Crippen LogP contribution in [0.15, 0.2) is 47.5 Å². The summed E-state index contributed by atoms with van der Waals surface area (Å²) in [5.41, 5.74) is 3.47. The summed E-state index contributed by atoms with van der Waals surface area (Å²) in [6, 6.07) is 11.5. The van der Waals surface area contributed by atoms with Gasteiger partial charge in [0, 0.05) is 12.7 Å². The van der Waals surface area contributed by atoms with E-state index in [0.717, 1.165) is 16.7 Å². The maximum absolute atomic E-state index is 12.9. The number of ether oxygens (including phenoxy) is 1. The zero-order chi connectivity index (χ0) is 22.8. The predicted molar refractivity (Wildman–Crippen MR) is 118 cm³/mol. The molecule has 0 spiro atoms. The van der Waals surface area contributed by atoms with Gasteiger partial charge in [0.1, 0.15) is 17.1 Å². The van der Waals surface area contributed by atoms with Crippen molar-refractivity contribution in [1.82, 2.24) is 14.7 Å². The Labute approximate surface area is 181 Å². The molecule has 1 aromatic carbocycles. The summed E-state index contributed by atoms with van der Waals surface area (Å²) in [7, 11) is -2.58. The van der Waals surface area contributed by atoms with E-state index in [4.69, 9.17) is 4.74 Å². The highest BCUT2D eigenvalue weighted by Crippen LogP contribution is 2.31. The van der Waals surface area contributed by atoms with Gasteiger partial charge in [-0.1, -0.05) is 23.8 Å². The van der Waals surface area contributed by atoms with Crippen LogP contribution in [0, 0.1) is 27.7 Å². The zero-order valence-electron chi connectivity index (χ0n) is 18.0. The van der Waals surface area contributed by atoms with E-state index < -0.39 is 15.9 Å². The number of nitrogens with zero attached hydrogens (tertiary/aromatic N) is 2. The lowest BCUT2D eigenvalue weighted by Crippen LogP contribution is -2.31. The van der Waals surface area contributed by atoms with Crippen LogP contribution in [0.1, 0.15) is 32.7 Å². The first kappa shape index (κ1) is 22.2. The molecule has 9 heteroatoms. The molecule has 31 heavy (non-hydrogen) atoms. The number of anilines is 1. The molecule has 0 saturated heterocycles. The van der Waals surface area contributed by atoms with E-state index in [9.17, 15) is 13.2 Å². The van der Waals surface area contributed by atoms with Crippen LogP contribution in [-0.2, 0) is 10.0 Å². The molecule has 162 valence electrons. The molecule has 2 N–H and O–H groups in total. The van der Waals surface area contributed by atoms with Crippen LogP contribution < -0.4 is 14.8 Å². The second kappa shape index (κ2) is 8.73. The molecule has 8 nitrogen and oxygen atoms in total. The summed E-state index contributed by atoms with van der Waals surface area (Å²) in [6.07, 6.45) is 0. The molecule has 0 unspecified atom stereocenters. The van der Waals surface area contributed by atoms with Crippen molar-refractivity contribution >= 4 is 21.7 Å². The number of pyridine rings is 2. The molecular formula is C22H24N4O4S. The number of nitrogens with one attached hydrogen (secondary N) is 2. The molecule has 0 aliphatic rings. The molecule has 0 saturated carbocycles. The number of carbonyl (C=O) groups excluding carboxylic acids is 1. The fraction of sp³-hybridized carbons (Fsp3) is 0.227. The second-order valence-corrected chi connectivity index (χ2v) is 8.81. The van der Waals surface area contributed by atoms with E-state index in [0.29, 0.717) is 17.3 Å². The van der Waals surface area contributed by atoms with Crippen molar-refractivity contribution in [3.63, 3.8) is 0 Å². The van der Waals surface area contributed by atoms with Gasteiger partial charge in [-0.3, -0.25) is 4.79 Å². The average molecular weight is 441 g/mol. The minimum atomic E-state index is -4.20. The molecule has 1 amide bonds. The third kappa shape index (κ3) is 5.00. The topological polar surface area (TPSA) is 110 Å². The molecule has 0 fully saturated rings. The average Bonchev–Trinajstić information content (AvgIpc) is 2.70. The molecule has 0 bridgehead atoms. The Bertz CT molecular complexity index is 1230. The Balaban J connectivity index is 1.95. The van der Waals surface area contributed by atoms with Gasteiger partial charge in [0.15, 0.2) is 5.03 Å². The molecule has 0 radical (unpaired) electrons. The molecular weight excluding hydrogens is 416 g/mol. The molecule has 0 atom stereocenters. The van der Waals surface area contributed by atoms with E-state index in [-0.39, 0.29) is 16.5 Å². The van der Waals surface area contributed by atoms with Crippen LogP contribution in [0.5, 0.6) is 11.6 Å². The highest BCUT2D eigenvalue weighted by Gasteiger charge is 2.24. The van der Waals surface area contributed by atoms with E-state index in [1.54, 1.807) is 26.1 Å².